The minimum atomic E-state index is 0.259. The van der Waals surface area contributed by atoms with Gasteiger partial charge in [-0.15, -0.1) is 0 Å². The summed E-state index contributed by atoms with van der Waals surface area (Å²) in [5, 5.41) is 0. The molecule has 1 saturated carbocycles. The lowest BCUT2D eigenvalue weighted by Gasteiger charge is -2.23. The minimum Gasteiger partial charge on any atom is -0.381 e. The number of rotatable bonds is 4. The van der Waals surface area contributed by atoms with Gasteiger partial charge in [0.25, 0.3) is 0 Å². The Hall–Kier alpha value is -0.610. The lowest BCUT2D eigenvalue weighted by Crippen LogP contribution is -2.32. The van der Waals surface area contributed by atoms with Crippen LogP contribution in [0.3, 0.4) is 0 Å². The maximum atomic E-state index is 11.9. The molecule has 2 atom stereocenters. The van der Waals surface area contributed by atoms with E-state index in [-0.39, 0.29) is 6.10 Å². The van der Waals surface area contributed by atoms with E-state index in [0.717, 1.165) is 58.6 Å². The van der Waals surface area contributed by atoms with Gasteiger partial charge in [-0.05, 0) is 32.1 Å². The number of likely N-dealkylation sites (tertiary alicyclic amines) is 1. The summed E-state index contributed by atoms with van der Waals surface area (Å²) in [6.07, 6.45) is 5.84. The molecule has 3 rings (SSSR count). The van der Waals surface area contributed by atoms with Gasteiger partial charge in [0.1, 0.15) is 0 Å². The molecule has 18 heavy (non-hydrogen) atoms. The predicted octanol–water partition coefficient (Wildman–Crippen LogP) is 1.44. The molecule has 1 amide bonds. The second-order valence-electron chi connectivity index (χ2n) is 5.89. The van der Waals surface area contributed by atoms with Crippen molar-refractivity contribution in [1.29, 1.82) is 0 Å². The standard InChI is InChI=1S/C14H23NO3/c16-14(12-3-4-12)15-6-5-13(8-15)18-10-11-2-1-7-17-9-11/h11-13H,1-10H2/t11-,13?/m0/s1. The van der Waals surface area contributed by atoms with Gasteiger partial charge in [-0.3, -0.25) is 4.79 Å². The zero-order chi connectivity index (χ0) is 12.4. The van der Waals surface area contributed by atoms with E-state index < -0.39 is 0 Å². The van der Waals surface area contributed by atoms with E-state index in [0.29, 0.717) is 17.7 Å². The zero-order valence-electron chi connectivity index (χ0n) is 11.0. The van der Waals surface area contributed by atoms with E-state index >= 15 is 0 Å². The minimum absolute atomic E-state index is 0.259. The molecule has 2 heterocycles. The molecule has 2 aliphatic heterocycles. The van der Waals surface area contributed by atoms with Gasteiger partial charge in [-0.25, -0.2) is 0 Å². The highest BCUT2D eigenvalue weighted by molar-refractivity contribution is 5.81. The summed E-state index contributed by atoms with van der Waals surface area (Å²) < 4.78 is 11.4. The Balaban J connectivity index is 1.37. The van der Waals surface area contributed by atoms with Crippen LogP contribution in [0.25, 0.3) is 0 Å². The van der Waals surface area contributed by atoms with Crippen LogP contribution < -0.4 is 0 Å². The summed E-state index contributed by atoms with van der Waals surface area (Å²) in [7, 11) is 0. The van der Waals surface area contributed by atoms with Crippen molar-refractivity contribution in [1.82, 2.24) is 4.90 Å². The fraction of sp³-hybridized carbons (Fsp3) is 0.929. The molecular weight excluding hydrogens is 230 g/mol. The molecule has 4 heteroatoms. The molecule has 0 radical (unpaired) electrons. The highest BCUT2D eigenvalue weighted by atomic mass is 16.5. The summed E-state index contributed by atoms with van der Waals surface area (Å²) in [5.41, 5.74) is 0. The molecule has 0 aromatic rings. The molecule has 0 aromatic carbocycles. The van der Waals surface area contributed by atoms with Crippen molar-refractivity contribution in [3.8, 4) is 0 Å². The number of hydrogen-bond donors (Lipinski definition) is 0. The Morgan fingerprint density at radius 1 is 1.28 bits per heavy atom. The van der Waals surface area contributed by atoms with E-state index in [1.54, 1.807) is 0 Å². The van der Waals surface area contributed by atoms with Crippen LogP contribution in [0.4, 0.5) is 0 Å². The van der Waals surface area contributed by atoms with Gasteiger partial charge in [0.05, 0.1) is 19.3 Å². The average molecular weight is 253 g/mol. The number of ether oxygens (including phenoxy) is 2. The fourth-order valence-corrected chi connectivity index (χ4v) is 2.86. The highest BCUT2D eigenvalue weighted by Gasteiger charge is 2.36. The van der Waals surface area contributed by atoms with Gasteiger partial charge in [-0.1, -0.05) is 0 Å². The zero-order valence-corrected chi connectivity index (χ0v) is 11.0. The van der Waals surface area contributed by atoms with Crippen molar-refractivity contribution in [2.24, 2.45) is 11.8 Å². The van der Waals surface area contributed by atoms with E-state index in [1.807, 2.05) is 4.90 Å². The van der Waals surface area contributed by atoms with E-state index in [9.17, 15) is 4.79 Å². The normalized spacial score (nSPS) is 32.8. The lowest BCUT2D eigenvalue weighted by molar-refractivity contribution is -0.132. The lowest BCUT2D eigenvalue weighted by atomic mass is 10.0. The maximum absolute atomic E-state index is 11.9. The Morgan fingerprint density at radius 2 is 2.17 bits per heavy atom. The van der Waals surface area contributed by atoms with Crippen molar-refractivity contribution in [2.75, 3.05) is 32.9 Å². The van der Waals surface area contributed by atoms with E-state index in [2.05, 4.69) is 0 Å². The Labute approximate surface area is 109 Å². The molecule has 0 N–H and O–H groups in total. The molecule has 1 unspecified atom stereocenters. The van der Waals surface area contributed by atoms with Crippen molar-refractivity contribution in [3.05, 3.63) is 0 Å². The van der Waals surface area contributed by atoms with Gasteiger partial charge >= 0.3 is 0 Å². The Morgan fingerprint density at radius 3 is 2.89 bits per heavy atom. The largest absolute Gasteiger partial charge is 0.381 e. The molecule has 0 bridgehead atoms. The van der Waals surface area contributed by atoms with Gasteiger partial charge in [0, 0.05) is 31.5 Å². The van der Waals surface area contributed by atoms with Crippen molar-refractivity contribution in [3.63, 3.8) is 0 Å². The van der Waals surface area contributed by atoms with Crippen LogP contribution in [0, 0.1) is 11.8 Å². The van der Waals surface area contributed by atoms with Gasteiger partial charge in [0.15, 0.2) is 0 Å². The van der Waals surface area contributed by atoms with Crippen LogP contribution in [0.15, 0.2) is 0 Å². The average Bonchev–Trinajstić information content (AvgIpc) is 3.15. The molecule has 0 aromatic heterocycles. The first-order chi connectivity index (χ1) is 8.83. The fourth-order valence-electron chi connectivity index (χ4n) is 2.86. The molecule has 4 nitrogen and oxygen atoms in total. The van der Waals surface area contributed by atoms with Crippen LogP contribution in [0.5, 0.6) is 0 Å². The third-order valence-corrected chi connectivity index (χ3v) is 4.21. The van der Waals surface area contributed by atoms with Gasteiger partial charge in [0.2, 0.25) is 5.91 Å². The first kappa shape index (κ1) is 12.4. The van der Waals surface area contributed by atoms with Crippen LogP contribution in [0.1, 0.15) is 32.1 Å². The molecule has 2 saturated heterocycles. The number of hydrogen-bond acceptors (Lipinski definition) is 3. The molecule has 3 fully saturated rings. The topological polar surface area (TPSA) is 38.8 Å². The quantitative estimate of drug-likeness (QED) is 0.761. The van der Waals surface area contributed by atoms with Crippen LogP contribution in [-0.2, 0) is 14.3 Å². The van der Waals surface area contributed by atoms with E-state index in [4.69, 9.17) is 9.47 Å². The first-order valence-corrected chi connectivity index (χ1v) is 7.31. The molecular formula is C14H23NO3. The summed E-state index contributed by atoms with van der Waals surface area (Å²) in [5.74, 6) is 1.27. The predicted molar refractivity (Wildman–Crippen MR) is 67.2 cm³/mol. The second-order valence-corrected chi connectivity index (χ2v) is 5.89. The van der Waals surface area contributed by atoms with Crippen molar-refractivity contribution < 1.29 is 14.3 Å². The monoisotopic (exact) mass is 253 g/mol. The second kappa shape index (κ2) is 5.57. The Bertz CT molecular complexity index is 297. The first-order valence-electron chi connectivity index (χ1n) is 7.31. The third kappa shape index (κ3) is 3.04. The summed E-state index contributed by atoms with van der Waals surface area (Å²) >= 11 is 0. The van der Waals surface area contributed by atoms with Gasteiger partial charge < -0.3 is 14.4 Å². The maximum Gasteiger partial charge on any atom is 0.225 e. The molecule has 0 spiro atoms. The number of nitrogens with zero attached hydrogens (tertiary/aromatic N) is 1. The van der Waals surface area contributed by atoms with Crippen LogP contribution >= 0.6 is 0 Å². The van der Waals surface area contributed by atoms with E-state index in [1.165, 1.54) is 6.42 Å². The number of carbonyl (C=O) groups excluding carboxylic acids is 1. The van der Waals surface area contributed by atoms with Crippen LogP contribution in [0.2, 0.25) is 0 Å². The van der Waals surface area contributed by atoms with Crippen molar-refractivity contribution >= 4 is 5.91 Å². The SMILES string of the molecule is O=C(C1CC1)N1CCC(OC[C@H]2CCCOC2)C1. The summed E-state index contributed by atoms with van der Waals surface area (Å²) in [6, 6.07) is 0. The highest BCUT2D eigenvalue weighted by Crippen LogP contribution is 2.32. The Kier molecular flexibility index (Phi) is 3.85. The van der Waals surface area contributed by atoms with Crippen LogP contribution in [-0.4, -0.2) is 49.8 Å². The van der Waals surface area contributed by atoms with Crippen molar-refractivity contribution in [2.45, 2.75) is 38.2 Å². The molecule has 3 aliphatic rings. The molecule has 102 valence electrons. The smallest absolute Gasteiger partial charge is 0.225 e. The van der Waals surface area contributed by atoms with Gasteiger partial charge in [-0.2, -0.15) is 0 Å². The summed E-state index contributed by atoms with van der Waals surface area (Å²) in [6.45, 7) is 4.25. The third-order valence-electron chi connectivity index (χ3n) is 4.21. The summed E-state index contributed by atoms with van der Waals surface area (Å²) in [4.78, 5) is 13.9. The number of amides is 1. The number of carbonyl (C=O) groups is 1. The molecule has 1 aliphatic carbocycles.